The van der Waals surface area contributed by atoms with E-state index in [1.807, 2.05) is 61.5 Å². The van der Waals surface area contributed by atoms with Gasteiger partial charge in [0.2, 0.25) is 0 Å². The third kappa shape index (κ3) is 4.97. The van der Waals surface area contributed by atoms with E-state index in [2.05, 4.69) is 0 Å². The fourth-order valence-corrected chi connectivity index (χ4v) is 3.71. The molecule has 0 radical (unpaired) electrons. The van der Waals surface area contributed by atoms with E-state index in [4.69, 9.17) is 4.74 Å². The topological polar surface area (TPSA) is 87.1 Å². The Kier molecular flexibility index (Phi) is 6.44. The molecule has 28 heavy (non-hydrogen) atoms. The number of carbonyl (C=O) groups is 2. The highest BCUT2D eigenvalue weighted by Crippen LogP contribution is 2.27. The van der Waals surface area contributed by atoms with Crippen LogP contribution in [0.2, 0.25) is 0 Å². The number of ether oxygens (including phenoxy) is 1. The van der Waals surface area contributed by atoms with E-state index in [1.165, 1.54) is 0 Å². The van der Waals surface area contributed by atoms with Gasteiger partial charge in [-0.1, -0.05) is 60.2 Å². The number of benzene rings is 2. The molecule has 1 aliphatic heterocycles. The summed E-state index contributed by atoms with van der Waals surface area (Å²) in [6, 6.07) is 16.1. The molecule has 6 heteroatoms. The van der Waals surface area contributed by atoms with Crippen LogP contribution in [0.1, 0.15) is 23.1 Å². The lowest BCUT2D eigenvalue weighted by Crippen LogP contribution is -2.56. The zero-order valence-electron chi connectivity index (χ0n) is 15.8. The van der Waals surface area contributed by atoms with Gasteiger partial charge < -0.3 is 14.9 Å². The minimum Gasteiger partial charge on any atom is -0.481 e. The van der Waals surface area contributed by atoms with Crippen molar-refractivity contribution in [3.63, 3.8) is 0 Å². The number of rotatable bonds is 6. The summed E-state index contributed by atoms with van der Waals surface area (Å²) in [6.45, 7) is 2.65. The van der Waals surface area contributed by atoms with Crippen molar-refractivity contribution in [3.05, 3.63) is 71.3 Å². The van der Waals surface area contributed by atoms with Crippen molar-refractivity contribution in [2.45, 2.75) is 38.6 Å². The van der Waals surface area contributed by atoms with Crippen molar-refractivity contribution in [2.75, 3.05) is 6.54 Å². The average Bonchev–Trinajstić information content (AvgIpc) is 2.66. The third-order valence-corrected chi connectivity index (χ3v) is 5.00. The lowest BCUT2D eigenvalue weighted by atomic mass is 9.87. The lowest BCUT2D eigenvalue weighted by molar-refractivity contribution is -0.167. The fraction of sp³-hybridized carbons (Fsp3) is 0.364. The number of esters is 1. The Morgan fingerprint density at radius 3 is 2.50 bits per heavy atom. The summed E-state index contributed by atoms with van der Waals surface area (Å²) in [7, 11) is 0. The second kappa shape index (κ2) is 8.99. The van der Waals surface area contributed by atoms with Gasteiger partial charge >= 0.3 is 11.9 Å². The summed E-state index contributed by atoms with van der Waals surface area (Å²) < 4.78 is 5.45. The molecule has 1 fully saturated rings. The van der Waals surface area contributed by atoms with Gasteiger partial charge in [0, 0.05) is 13.1 Å². The number of likely N-dealkylation sites (tertiary alicyclic amines) is 1. The van der Waals surface area contributed by atoms with Gasteiger partial charge in [-0.15, -0.1) is 0 Å². The van der Waals surface area contributed by atoms with E-state index in [9.17, 15) is 19.8 Å². The molecule has 1 saturated heterocycles. The molecule has 0 saturated carbocycles. The van der Waals surface area contributed by atoms with Gasteiger partial charge in [-0.3, -0.25) is 14.5 Å². The molecule has 0 spiro atoms. The molecule has 1 aliphatic rings. The Morgan fingerprint density at radius 1 is 1.11 bits per heavy atom. The minimum absolute atomic E-state index is 0.0325. The van der Waals surface area contributed by atoms with Crippen molar-refractivity contribution in [2.24, 2.45) is 5.92 Å². The second-order valence-corrected chi connectivity index (χ2v) is 7.29. The van der Waals surface area contributed by atoms with E-state index in [1.54, 1.807) is 4.90 Å². The maximum absolute atomic E-state index is 12.9. The van der Waals surface area contributed by atoms with Crippen LogP contribution < -0.4 is 0 Å². The van der Waals surface area contributed by atoms with Crippen molar-refractivity contribution in [3.8, 4) is 0 Å². The molecule has 3 atom stereocenters. The molecule has 2 N–H and O–H groups in total. The Balaban J connectivity index is 1.79. The molecular weight excluding hydrogens is 358 g/mol. The molecule has 6 nitrogen and oxygen atoms in total. The van der Waals surface area contributed by atoms with Gasteiger partial charge in [-0.05, 0) is 24.5 Å². The normalized spacial score (nSPS) is 22.6. The first-order valence-corrected chi connectivity index (χ1v) is 9.35. The molecule has 0 aromatic heterocycles. The number of aliphatic hydroxyl groups excluding tert-OH is 1. The monoisotopic (exact) mass is 383 g/mol. The van der Waals surface area contributed by atoms with Gasteiger partial charge in [-0.2, -0.15) is 0 Å². The number of aliphatic hydroxyl groups is 1. The number of nitrogens with zero attached hydrogens (tertiary/aromatic N) is 1. The van der Waals surface area contributed by atoms with E-state index in [0.29, 0.717) is 6.54 Å². The molecule has 148 valence electrons. The first kappa shape index (κ1) is 20.0. The van der Waals surface area contributed by atoms with Gasteiger partial charge in [-0.25, -0.2) is 0 Å². The highest BCUT2D eigenvalue weighted by atomic mass is 16.5. The molecular formula is C22H25NO5. The Morgan fingerprint density at radius 2 is 1.82 bits per heavy atom. The summed E-state index contributed by atoms with van der Waals surface area (Å²) >= 11 is 0. The van der Waals surface area contributed by atoms with Crippen LogP contribution in [0.4, 0.5) is 0 Å². The number of hydrogen-bond donors (Lipinski definition) is 2. The Hall–Kier alpha value is -2.70. The second-order valence-electron chi connectivity index (χ2n) is 7.29. The third-order valence-electron chi connectivity index (χ3n) is 5.00. The molecule has 3 rings (SSSR count). The van der Waals surface area contributed by atoms with Crippen LogP contribution in [0.15, 0.2) is 54.6 Å². The van der Waals surface area contributed by atoms with Crippen molar-refractivity contribution in [1.29, 1.82) is 0 Å². The van der Waals surface area contributed by atoms with Gasteiger partial charge in [0.05, 0.1) is 12.0 Å². The molecule has 1 heterocycles. The molecule has 0 amide bonds. The minimum atomic E-state index is -1.10. The van der Waals surface area contributed by atoms with Gasteiger partial charge in [0.15, 0.2) is 0 Å². The van der Waals surface area contributed by atoms with Crippen LogP contribution in [0.5, 0.6) is 0 Å². The van der Waals surface area contributed by atoms with Crippen molar-refractivity contribution in [1.82, 2.24) is 4.90 Å². The zero-order valence-corrected chi connectivity index (χ0v) is 15.8. The number of aliphatic carboxylic acids is 1. The summed E-state index contributed by atoms with van der Waals surface area (Å²) in [5, 5.41) is 19.8. The van der Waals surface area contributed by atoms with E-state index >= 15 is 0 Å². The maximum atomic E-state index is 12.9. The summed E-state index contributed by atoms with van der Waals surface area (Å²) in [4.78, 5) is 26.4. The number of carboxylic acids is 1. The van der Waals surface area contributed by atoms with Gasteiger partial charge in [0.25, 0.3) is 0 Å². The number of hydrogen-bond acceptors (Lipinski definition) is 5. The fourth-order valence-electron chi connectivity index (χ4n) is 3.71. The number of carbonyl (C=O) groups excluding carboxylic acids is 1. The molecule has 0 unspecified atom stereocenters. The molecule has 0 bridgehead atoms. The number of piperidine rings is 1. The van der Waals surface area contributed by atoms with Crippen LogP contribution in [0, 0.1) is 12.8 Å². The van der Waals surface area contributed by atoms with E-state index in [-0.39, 0.29) is 19.6 Å². The number of carboxylic acid groups (broad SMARTS) is 1. The molecule has 0 aliphatic carbocycles. The highest BCUT2D eigenvalue weighted by Gasteiger charge is 2.44. The van der Waals surface area contributed by atoms with E-state index < -0.39 is 30.0 Å². The largest absolute Gasteiger partial charge is 0.481 e. The number of β-amino-alcohol motifs (C(OH)–C–C–N with tert-alkyl or cyclic N) is 1. The highest BCUT2D eigenvalue weighted by molar-refractivity contribution is 5.84. The van der Waals surface area contributed by atoms with Crippen LogP contribution >= 0.6 is 0 Å². The smallest absolute Gasteiger partial charge is 0.324 e. The van der Waals surface area contributed by atoms with E-state index in [0.717, 1.165) is 16.7 Å². The Bertz CT molecular complexity index is 823. The van der Waals surface area contributed by atoms with Crippen molar-refractivity contribution < 1.29 is 24.5 Å². The maximum Gasteiger partial charge on any atom is 0.324 e. The van der Waals surface area contributed by atoms with Crippen LogP contribution in [-0.4, -0.2) is 45.7 Å². The Labute approximate surface area is 164 Å². The molecule has 2 aromatic rings. The van der Waals surface area contributed by atoms with Gasteiger partial charge in [0.1, 0.15) is 12.6 Å². The first-order valence-electron chi connectivity index (χ1n) is 9.35. The predicted octanol–water partition coefficient (Wildman–Crippen LogP) is 2.37. The quantitative estimate of drug-likeness (QED) is 0.745. The van der Waals surface area contributed by atoms with Crippen LogP contribution in [0.25, 0.3) is 0 Å². The zero-order chi connectivity index (χ0) is 20.1. The van der Waals surface area contributed by atoms with Crippen LogP contribution in [0.3, 0.4) is 0 Å². The number of aryl methyl sites for hydroxylation is 1. The predicted molar refractivity (Wildman–Crippen MR) is 103 cm³/mol. The lowest BCUT2D eigenvalue weighted by Gasteiger charge is -2.40. The average molecular weight is 383 g/mol. The molecule has 2 aromatic carbocycles. The standard InChI is InChI=1S/C22H25NO5/c1-15-6-5-9-17(10-15)12-23-13-18(24)11-19(21(25)26)20(23)22(27)28-14-16-7-3-2-4-8-16/h2-10,18-20,24H,11-14H2,1H3,(H,25,26)/t18-,19+,20+/m1/s1. The van der Waals surface area contributed by atoms with Crippen molar-refractivity contribution >= 4 is 11.9 Å². The summed E-state index contributed by atoms with van der Waals surface area (Å²) in [5.41, 5.74) is 2.87. The van der Waals surface area contributed by atoms with Crippen LogP contribution in [-0.2, 0) is 27.5 Å². The summed E-state index contributed by atoms with van der Waals surface area (Å²) in [6.07, 6.45) is -0.769. The first-order chi connectivity index (χ1) is 13.4. The SMILES string of the molecule is Cc1cccc(CN2C[C@H](O)C[C@H](C(=O)O)[C@H]2C(=O)OCc2ccccc2)c1. The summed E-state index contributed by atoms with van der Waals surface area (Å²) in [5.74, 6) is -2.69.